The zero-order valence-electron chi connectivity index (χ0n) is 14.9. The van der Waals surface area contributed by atoms with Gasteiger partial charge < -0.3 is 0 Å². The maximum absolute atomic E-state index is 13.8. The molecule has 0 radical (unpaired) electrons. The Hall–Kier alpha value is -3.66. The van der Waals surface area contributed by atoms with Gasteiger partial charge >= 0.3 is 0 Å². The van der Waals surface area contributed by atoms with E-state index in [0.717, 1.165) is 10.8 Å². The highest BCUT2D eigenvalue weighted by atomic mass is 19.1. The molecule has 28 heavy (non-hydrogen) atoms. The van der Waals surface area contributed by atoms with Crippen molar-refractivity contribution in [2.24, 2.45) is 9.98 Å². The van der Waals surface area contributed by atoms with Crippen molar-refractivity contribution in [2.45, 2.75) is 0 Å². The first-order chi connectivity index (χ1) is 13.7. The zero-order valence-corrected chi connectivity index (χ0v) is 14.9. The number of fused-ring (bicyclic) bond motifs is 1. The van der Waals surface area contributed by atoms with Gasteiger partial charge in [-0.05, 0) is 24.3 Å². The molecule has 0 bridgehead atoms. The van der Waals surface area contributed by atoms with Crippen LogP contribution >= 0.6 is 0 Å². The second-order valence-corrected chi connectivity index (χ2v) is 6.21. The highest BCUT2D eigenvalue weighted by Crippen LogP contribution is 2.32. The lowest BCUT2D eigenvalue weighted by Gasteiger charge is -2.05. The molecule has 0 N–H and O–H groups in total. The van der Waals surface area contributed by atoms with Gasteiger partial charge in [0.05, 0.1) is 11.4 Å². The zero-order chi connectivity index (χ0) is 19.3. The summed E-state index contributed by atoms with van der Waals surface area (Å²) in [4.78, 5) is 8.92. The highest BCUT2D eigenvalue weighted by molar-refractivity contribution is 6.02. The van der Waals surface area contributed by atoms with Gasteiger partial charge in [-0.2, -0.15) is 0 Å². The van der Waals surface area contributed by atoms with Crippen molar-refractivity contribution in [3.05, 3.63) is 108 Å². The van der Waals surface area contributed by atoms with Crippen LogP contribution in [0.4, 0.5) is 20.2 Å². The molecule has 0 saturated heterocycles. The minimum Gasteiger partial charge on any atom is -0.256 e. The van der Waals surface area contributed by atoms with Crippen LogP contribution < -0.4 is 0 Å². The predicted octanol–water partition coefficient (Wildman–Crippen LogP) is 6.62. The fourth-order valence-electron chi connectivity index (χ4n) is 2.94. The van der Waals surface area contributed by atoms with E-state index < -0.39 is 0 Å². The number of benzene rings is 4. The molecule has 0 fully saturated rings. The van der Waals surface area contributed by atoms with E-state index in [0.29, 0.717) is 22.5 Å². The molecule has 4 heteroatoms. The molecule has 0 saturated carbocycles. The third kappa shape index (κ3) is 3.71. The van der Waals surface area contributed by atoms with E-state index >= 15 is 0 Å². The van der Waals surface area contributed by atoms with E-state index in [9.17, 15) is 8.78 Å². The van der Waals surface area contributed by atoms with Crippen molar-refractivity contribution < 1.29 is 8.78 Å². The summed E-state index contributed by atoms with van der Waals surface area (Å²) in [6, 6.07) is 24.3. The molecule has 0 heterocycles. The Morgan fingerprint density at radius 3 is 1.36 bits per heavy atom. The molecule has 0 spiro atoms. The van der Waals surface area contributed by atoms with Crippen LogP contribution in [0.5, 0.6) is 0 Å². The molecule has 0 aliphatic rings. The molecule has 2 nitrogen and oxygen atoms in total. The van der Waals surface area contributed by atoms with Crippen LogP contribution in [0.25, 0.3) is 10.8 Å². The van der Waals surface area contributed by atoms with E-state index in [1.54, 1.807) is 36.4 Å². The Bertz CT molecular complexity index is 1100. The van der Waals surface area contributed by atoms with Crippen LogP contribution in [-0.4, -0.2) is 12.4 Å². The molecule has 4 rings (SSSR count). The normalized spacial score (nSPS) is 11.6. The van der Waals surface area contributed by atoms with Crippen molar-refractivity contribution in [2.75, 3.05) is 0 Å². The van der Waals surface area contributed by atoms with E-state index in [4.69, 9.17) is 0 Å². The summed E-state index contributed by atoms with van der Waals surface area (Å²) in [5.74, 6) is -0.636. The van der Waals surface area contributed by atoms with Crippen LogP contribution in [0, 0.1) is 11.6 Å². The summed E-state index contributed by atoms with van der Waals surface area (Å²) in [6.45, 7) is 0. The first-order valence-electron chi connectivity index (χ1n) is 8.81. The summed E-state index contributed by atoms with van der Waals surface area (Å²) in [6.07, 6.45) is 3.03. The second-order valence-electron chi connectivity index (χ2n) is 6.21. The lowest BCUT2D eigenvalue weighted by molar-refractivity contribution is 0.625. The SMILES string of the molecule is Fc1ccccc1C=Nc1cccc2c(N=Cc3ccccc3F)cccc12. The Morgan fingerprint density at radius 2 is 0.929 bits per heavy atom. The number of aliphatic imine (C=N–C) groups is 2. The van der Waals surface area contributed by atoms with Gasteiger partial charge in [0, 0.05) is 34.3 Å². The van der Waals surface area contributed by atoms with Crippen molar-refractivity contribution in [3.8, 4) is 0 Å². The molecule has 0 aliphatic heterocycles. The lowest BCUT2D eigenvalue weighted by atomic mass is 10.1. The van der Waals surface area contributed by atoms with Crippen LogP contribution in [0.3, 0.4) is 0 Å². The largest absolute Gasteiger partial charge is 0.256 e. The van der Waals surface area contributed by atoms with Crippen LogP contribution in [0.1, 0.15) is 11.1 Å². The molecule has 0 atom stereocenters. The molecule has 0 amide bonds. The third-order valence-electron chi connectivity index (χ3n) is 4.37. The summed E-state index contributed by atoms with van der Waals surface area (Å²) in [5, 5.41) is 1.77. The molecule has 0 unspecified atom stereocenters. The first-order valence-corrected chi connectivity index (χ1v) is 8.81. The minimum absolute atomic E-state index is 0.318. The van der Waals surface area contributed by atoms with Crippen molar-refractivity contribution in [1.29, 1.82) is 0 Å². The Kier molecular flexibility index (Phi) is 5.02. The van der Waals surface area contributed by atoms with E-state index in [1.165, 1.54) is 24.6 Å². The lowest BCUT2D eigenvalue weighted by Crippen LogP contribution is -1.87. The van der Waals surface area contributed by atoms with Crippen molar-refractivity contribution >= 4 is 34.6 Å². The predicted molar refractivity (Wildman–Crippen MR) is 111 cm³/mol. The quantitative estimate of drug-likeness (QED) is 0.361. The van der Waals surface area contributed by atoms with Crippen molar-refractivity contribution in [3.63, 3.8) is 0 Å². The van der Waals surface area contributed by atoms with E-state index in [-0.39, 0.29) is 11.6 Å². The third-order valence-corrected chi connectivity index (χ3v) is 4.37. The minimum atomic E-state index is -0.318. The molecule has 4 aromatic carbocycles. The average Bonchev–Trinajstić information content (AvgIpc) is 2.72. The monoisotopic (exact) mass is 370 g/mol. The van der Waals surface area contributed by atoms with Crippen LogP contribution in [0.15, 0.2) is 94.9 Å². The summed E-state index contributed by atoms with van der Waals surface area (Å²) < 4.78 is 27.6. The molecular formula is C24H16F2N2. The standard InChI is InChI=1S/C24H16F2N2/c25-21-11-3-1-7-17(21)15-27-23-13-5-10-20-19(23)9-6-14-24(20)28-16-18-8-2-4-12-22(18)26/h1-16H. The van der Waals surface area contributed by atoms with E-state index in [2.05, 4.69) is 9.98 Å². The first kappa shape index (κ1) is 17.7. The Morgan fingerprint density at radius 1 is 0.500 bits per heavy atom. The summed E-state index contributed by atoms with van der Waals surface area (Å²) in [7, 11) is 0. The number of hydrogen-bond acceptors (Lipinski definition) is 2. The molecule has 4 aromatic rings. The Balaban J connectivity index is 1.73. The maximum atomic E-state index is 13.8. The van der Waals surface area contributed by atoms with Gasteiger partial charge in [-0.15, -0.1) is 0 Å². The van der Waals surface area contributed by atoms with Crippen molar-refractivity contribution in [1.82, 2.24) is 0 Å². The fraction of sp³-hybridized carbons (Fsp3) is 0. The smallest absolute Gasteiger partial charge is 0.131 e. The molecule has 0 aliphatic carbocycles. The van der Waals surface area contributed by atoms with Crippen LogP contribution in [-0.2, 0) is 0 Å². The molecular weight excluding hydrogens is 354 g/mol. The van der Waals surface area contributed by atoms with Gasteiger partial charge in [-0.1, -0.05) is 60.7 Å². The summed E-state index contributed by atoms with van der Waals surface area (Å²) in [5.41, 5.74) is 2.27. The van der Waals surface area contributed by atoms with Gasteiger partial charge in [0.1, 0.15) is 11.6 Å². The number of hydrogen-bond donors (Lipinski definition) is 0. The number of nitrogens with zero attached hydrogens (tertiary/aromatic N) is 2. The topological polar surface area (TPSA) is 24.7 Å². The average molecular weight is 370 g/mol. The van der Waals surface area contributed by atoms with E-state index in [1.807, 2.05) is 36.4 Å². The number of halogens is 2. The van der Waals surface area contributed by atoms with Gasteiger partial charge in [-0.3, -0.25) is 9.98 Å². The number of rotatable bonds is 4. The van der Waals surface area contributed by atoms with Gasteiger partial charge in [0.2, 0.25) is 0 Å². The second kappa shape index (κ2) is 7.92. The van der Waals surface area contributed by atoms with Gasteiger partial charge in [-0.25, -0.2) is 8.78 Å². The van der Waals surface area contributed by atoms with Crippen LogP contribution in [0.2, 0.25) is 0 Å². The summed E-state index contributed by atoms with van der Waals surface area (Å²) >= 11 is 0. The Labute approximate surface area is 161 Å². The fourth-order valence-corrected chi connectivity index (χ4v) is 2.94. The maximum Gasteiger partial charge on any atom is 0.131 e. The van der Waals surface area contributed by atoms with Gasteiger partial charge in [0.25, 0.3) is 0 Å². The highest BCUT2D eigenvalue weighted by Gasteiger charge is 2.04. The van der Waals surface area contributed by atoms with Gasteiger partial charge in [0.15, 0.2) is 0 Å². The molecule has 0 aromatic heterocycles. The molecule has 136 valence electrons.